The third-order valence-electron chi connectivity index (χ3n) is 3.84. The van der Waals surface area contributed by atoms with Gasteiger partial charge in [-0.3, -0.25) is 14.4 Å². The Balaban J connectivity index is 1.91. The molecule has 0 radical (unpaired) electrons. The molecule has 0 aliphatic carbocycles. The molecule has 0 aliphatic heterocycles. The number of rotatable bonds is 8. The van der Waals surface area contributed by atoms with Crippen LogP contribution in [-0.4, -0.2) is 28.1 Å². The number of carboxylic acids is 1. The molecule has 2 aromatic rings. The number of carbonyl (C=O) groups excluding carboxylic acids is 2. The molecule has 0 saturated heterocycles. The van der Waals surface area contributed by atoms with E-state index in [0.717, 1.165) is 12.1 Å². The van der Waals surface area contributed by atoms with Crippen molar-refractivity contribution in [1.29, 1.82) is 0 Å². The maximum atomic E-state index is 12.8. The first-order valence-electron chi connectivity index (χ1n) is 8.81. The van der Waals surface area contributed by atoms with Gasteiger partial charge in [-0.2, -0.15) is 13.2 Å². The predicted octanol–water partition coefficient (Wildman–Crippen LogP) is 4.63. The molecule has 3 N–H and O–H groups in total. The number of thioether (sulfide) groups is 1. The fraction of sp³-hybridized carbons (Fsp3) is 0.250. The average Bonchev–Trinajstić information content (AvgIpc) is 2.67. The van der Waals surface area contributed by atoms with Crippen LogP contribution in [0.25, 0.3) is 0 Å². The van der Waals surface area contributed by atoms with Crippen molar-refractivity contribution in [2.24, 2.45) is 0 Å². The van der Waals surface area contributed by atoms with Gasteiger partial charge in [-0.15, -0.1) is 11.8 Å². The first-order chi connectivity index (χ1) is 14.0. The van der Waals surface area contributed by atoms with Crippen molar-refractivity contribution in [3.8, 4) is 0 Å². The Kier molecular flexibility index (Phi) is 7.87. The van der Waals surface area contributed by atoms with Crippen LogP contribution < -0.4 is 10.6 Å². The first kappa shape index (κ1) is 23.3. The molecule has 0 fully saturated rings. The number of amides is 2. The number of anilines is 2. The Morgan fingerprint density at radius 1 is 1.00 bits per heavy atom. The summed E-state index contributed by atoms with van der Waals surface area (Å²) in [5.74, 6) is -1.94. The monoisotopic (exact) mass is 440 g/mol. The zero-order valence-corrected chi connectivity index (χ0v) is 16.6. The van der Waals surface area contributed by atoms with Crippen molar-refractivity contribution >= 4 is 40.9 Å². The van der Waals surface area contributed by atoms with Crippen LogP contribution in [0, 0.1) is 0 Å². The van der Waals surface area contributed by atoms with E-state index >= 15 is 0 Å². The summed E-state index contributed by atoms with van der Waals surface area (Å²) in [6.45, 7) is 1.62. The number of hydrogen-bond acceptors (Lipinski definition) is 4. The van der Waals surface area contributed by atoms with Gasteiger partial charge >= 0.3 is 12.1 Å². The van der Waals surface area contributed by atoms with Crippen LogP contribution in [0.3, 0.4) is 0 Å². The highest BCUT2D eigenvalue weighted by Crippen LogP contribution is 2.31. The highest BCUT2D eigenvalue weighted by atomic mass is 32.2. The Morgan fingerprint density at radius 2 is 1.67 bits per heavy atom. The smallest absolute Gasteiger partial charge is 0.416 e. The Bertz CT molecular complexity index is 917. The molecule has 10 heteroatoms. The molecule has 1 unspecified atom stereocenters. The summed E-state index contributed by atoms with van der Waals surface area (Å²) in [5.41, 5.74) is -0.306. The average molecular weight is 440 g/mol. The lowest BCUT2D eigenvalue weighted by Gasteiger charge is -2.14. The molecule has 2 rings (SSSR count). The number of alkyl halides is 3. The molecule has 0 aromatic heterocycles. The van der Waals surface area contributed by atoms with Crippen LogP contribution in [0.4, 0.5) is 24.5 Å². The normalized spacial score (nSPS) is 12.1. The van der Waals surface area contributed by atoms with Gasteiger partial charge in [-0.25, -0.2) is 0 Å². The summed E-state index contributed by atoms with van der Waals surface area (Å²) >= 11 is 1.20. The second-order valence-electron chi connectivity index (χ2n) is 6.29. The quantitative estimate of drug-likeness (QED) is 0.521. The van der Waals surface area contributed by atoms with Crippen LogP contribution in [-0.2, 0) is 20.6 Å². The molecule has 0 saturated carbocycles. The largest absolute Gasteiger partial charge is 0.481 e. The van der Waals surface area contributed by atoms with Gasteiger partial charge in [0.2, 0.25) is 11.8 Å². The SMILES string of the molecule is CC(Sc1ccc(NC(=O)CCC(=O)O)cc1)C(=O)Nc1cccc(C(F)(F)F)c1. The van der Waals surface area contributed by atoms with E-state index < -0.39 is 34.8 Å². The fourth-order valence-corrected chi connectivity index (χ4v) is 3.20. The second-order valence-corrected chi connectivity index (χ2v) is 7.71. The van der Waals surface area contributed by atoms with Crippen molar-refractivity contribution in [3.05, 3.63) is 54.1 Å². The minimum atomic E-state index is -4.49. The third-order valence-corrected chi connectivity index (χ3v) is 4.96. The summed E-state index contributed by atoms with van der Waals surface area (Å²) in [6, 6.07) is 11.0. The molecule has 2 amide bonds. The molecule has 0 bridgehead atoms. The maximum absolute atomic E-state index is 12.8. The molecule has 6 nitrogen and oxygen atoms in total. The van der Waals surface area contributed by atoms with Crippen LogP contribution in [0.5, 0.6) is 0 Å². The van der Waals surface area contributed by atoms with Crippen LogP contribution in [0.15, 0.2) is 53.4 Å². The molecule has 0 heterocycles. The zero-order valence-electron chi connectivity index (χ0n) is 15.8. The standard InChI is InChI=1S/C20H19F3N2O4S/c1-12(19(29)25-15-4-2-3-13(11-15)20(21,22)23)30-16-7-5-14(6-8-16)24-17(26)9-10-18(27)28/h2-8,11-12H,9-10H2,1H3,(H,24,26)(H,25,29)(H,27,28). The Hall–Kier alpha value is -3.01. The van der Waals surface area contributed by atoms with Crippen LogP contribution >= 0.6 is 11.8 Å². The third kappa shape index (κ3) is 7.43. The van der Waals surface area contributed by atoms with E-state index in [-0.39, 0.29) is 18.5 Å². The van der Waals surface area contributed by atoms with Gasteiger partial charge in [-0.1, -0.05) is 6.07 Å². The van der Waals surface area contributed by atoms with Gasteiger partial charge in [-0.05, 0) is 49.4 Å². The van der Waals surface area contributed by atoms with Crippen molar-refractivity contribution in [2.45, 2.75) is 36.1 Å². The Labute approximate surface area is 174 Å². The highest BCUT2D eigenvalue weighted by Gasteiger charge is 2.30. The number of hydrogen-bond donors (Lipinski definition) is 3. The first-order valence-corrected chi connectivity index (χ1v) is 9.69. The van der Waals surface area contributed by atoms with Crippen molar-refractivity contribution in [2.75, 3.05) is 10.6 Å². The van der Waals surface area contributed by atoms with Crippen LogP contribution in [0.1, 0.15) is 25.3 Å². The number of carboxylic acid groups (broad SMARTS) is 1. The summed E-state index contributed by atoms with van der Waals surface area (Å²) < 4.78 is 38.3. The molecular formula is C20H19F3N2O4S. The lowest BCUT2D eigenvalue weighted by atomic mass is 10.2. The second kappa shape index (κ2) is 10.1. The maximum Gasteiger partial charge on any atom is 0.416 e. The van der Waals surface area contributed by atoms with Gasteiger partial charge in [0.15, 0.2) is 0 Å². The lowest BCUT2D eigenvalue weighted by molar-refractivity contribution is -0.138. The van der Waals surface area contributed by atoms with Gasteiger partial charge in [0, 0.05) is 22.7 Å². The molecule has 2 aromatic carbocycles. The van der Waals surface area contributed by atoms with E-state index in [0.29, 0.717) is 10.6 Å². The number of carbonyl (C=O) groups is 3. The molecule has 0 aliphatic rings. The summed E-state index contributed by atoms with van der Waals surface area (Å²) in [5, 5.41) is 13.0. The molecular weight excluding hydrogens is 421 g/mol. The highest BCUT2D eigenvalue weighted by molar-refractivity contribution is 8.00. The number of aliphatic carboxylic acids is 1. The van der Waals surface area contributed by atoms with Crippen LogP contribution in [0.2, 0.25) is 0 Å². The summed E-state index contributed by atoms with van der Waals surface area (Å²) in [6.07, 6.45) is -4.90. The zero-order chi connectivity index (χ0) is 22.3. The molecule has 0 spiro atoms. The van der Waals surface area contributed by atoms with E-state index in [9.17, 15) is 27.6 Å². The van der Waals surface area contributed by atoms with E-state index in [2.05, 4.69) is 10.6 Å². The predicted molar refractivity (Wildman–Crippen MR) is 107 cm³/mol. The van der Waals surface area contributed by atoms with Crippen molar-refractivity contribution in [1.82, 2.24) is 0 Å². The van der Waals surface area contributed by atoms with E-state index in [1.54, 1.807) is 31.2 Å². The van der Waals surface area contributed by atoms with Gasteiger partial charge in [0.05, 0.1) is 17.2 Å². The van der Waals surface area contributed by atoms with Crippen molar-refractivity contribution < 1.29 is 32.7 Å². The lowest BCUT2D eigenvalue weighted by Crippen LogP contribution is -2.22. The molecule has 1 atom stereocenters. The molecule has 160 valence electrons. The number of benzene rings is 2. The molecule has 30 heavy (non-hydrogen) atoms. The van der Waals surface area contributed by atoms with Gasteiger partial charge in [0.1, 0.15) is 0 Å². The van der Waals surface area contributed by atoms with E-state index in [1.165, 1.54) is 23.9 Å². The van der Waals surface area contributed by atoms with Crippen molar-refractivity contribution in [3.63, 3.8) is 0 Å². The number of halogens is 3. The Morgan fingerprint density at radius 3 is 2.27 bits per heavy atom. The minimum Gasteiger partial charge on any atom is -0.481 e. The number of nitrogens with one attached hydrogen (secondary N) is 2. The van der Waals surface area contributed by atoms with E-state index in [1.807, 2.05) is 0 Å². The van der Waals surface area contributed by atoms with E-state index in [4.69, 9.17) is 5.11 Å². The summed E-state index contributed by atoms with van der Waals surface area (Å²) in [7, 11) is 0. The summed E-state index contributed by atoms with van der Waals surface area (Å²) in [4.78, 5) is 35.1. The minimum absolute atomic E-state index is 0.0571. The van der Waals surface area contributed by atoms with Gasteiger partial charge in [0.25, 0.3) is 0 Å². The van der Waals surface area contributed by atoms with Gasteiger partial charge < -0.3 is 15.7 Å². The fourth-order valence-electron chi connectivity index (χ4n) is 2.34. The topological polar surface area (TPSA) is 95.5 Å².